The van der Waals surface area contributed by atoms with Crippen LogP contribution in [0.25, 0.3) is 0 Å². The Morgan fingerprint density at radius 3 is 2.37 bits per heavy atom. The van der Waals surface area contributed by atoms with Crippen LogP contribution in [0.15, 0.2) is 24.3 Å². The third-order valence-corrected chi connectivity index (χ3v) is 3.45. The van der Waals surface area contributed by atoms with E-state index in [0.29, 0.717) is 5.56 Å². The van der Waals surface area contributed by atoms with Gasteiger partial charge < -0.3 is 0 Å². The molecular formula is C14H22FN3O. The van der Waals surface area contributed by atoms with Crippen LogP contribution in [0.3, 0.4) is 0 Å². The van der Waals surface area contributed by atoms with Gasteiger partial charge >= 0.3 is 0 Å². The predicted octanol–water partition coefficient (Wildman–Crippen LogP) is 1.83. The van der Waals surface area contributed by atoms with Gasteiger partial charge in [0.2, 0.25) is 0 Å². The lowest BCUT2D eigenvalue weighted by Crippen LogP contribution is -2.51. The van der Waals surface area contributed by atoms with E-state index in [-0.39, 0.29) is 23.7 Å². The number of nitrogens with zero attached hydrogens (tertiary/aromatic N) is 1. The maximum atomic E-state index is 13.8. The molecule has 19 heavy (non-hydrogen) atoms. The molecule has 0 radical (unpaired) electrons. The molecule has 0 bridgehead atoms. The van der Waals surface area contributed by atoms with Crippen molar-refractivity contribution >= 4 is 5.91 Å². The number of benzene rings is 1. The van der Waals surface area contributed by atoms with E-state index < -0.39 is 6.04 Å². The Hall–Kier alpha value is -1.46. The van der Waals surface area contributed by atoms with Gasteiger partial charge in [-0.2, -0.15) is 0 Å². The lowest BCUT2D eigenvalue weighted by atomic mass is 9.98. The molecule has 0 heterocycles. The highest BCUT2D eigenvalue weighted by Gasteiger charge is 2.30. The second-order valence-corrected chi connectivity index (χ2v) is 5.06. The molecule has 2 atom stereocenters. The van der Waals surface area contributed by atoms with Crippen LogP contribution in [0.2, 0.25) is 0 Å². The molecular weight excluding hydrogens is 245 g/mol. The number of hydrazine groups is 1. The van der Waals surface area contributed by atoms with Crippen molar-refractivity contribution in [3.63, 3.8) is 0 Å². The van der Waals surface area contributed by atoms with Gasteiger partial charge in [0.1, 0.15) is 5.82 Å². The van der Waals surface area contributed by atoms with E-state index in [9.17, 15) is 9.18 Å². The molecule has 3 N–H and O–H groups in total. The summed E-state index contributed by atoms with van der Waals surface area (Å²) in [7, 11) is 1.80. The number of likely N-dealkylation sites (N-methyl/N-ethyl adjacent to an activating group) is 1. The summed E-state index contributed by atoms with van der Waals surface area (Å²) in [6, 6.07) is 5.97. The van der Waals surface area contributed by atoms with Crippen LogP contribution in [0.5, 0.6) is 0 Å². The fourth-order valence-corrected chi connectivity index (χ4v) is 2.32. The maximum Gasteiger partial charge on any atom is 0.251 e. The second kappa shape index (κ2) is 6.63. The topological polar surface area (TPSA) is 58.4 Å². The van der Waals surface area contributed by atoms with Gasteiger partial charge in [-0.3, -0.25) is 15.1 Å². The summed E-state index contributed by atoms with van der Waals surface area (Å²) in [5.74, 6) is 4.76. The molecule has 1 aromatic carbocycles. The summed E-state index contributed by atoms with van der Waals surface area (Å²) in [5.41, 5.74) is 2.74. The van der Waals surface area contributed by atoms with E-state index in [1.807, 2.05) is 25.7 Å². The summed E-state index contributed by atoms with van der Waals surface area (Å²) >= 11 is 0. The molecule has 0 saturated heterocycles. The third-order valence-electron chi connectivity index (χ3n) is 3.45. The van der Waals surface area contributed by atoms with Crippen molar-refractivity contribution in [3.8, 4) is 0 Å². The smallest absolute Gasteiger partial charge is 0.251 e. The zero-order valence-electron chi connectivity index (χ0n) is 11.9. The molecule has 0 saturated carbocycles. The summed E-state index contributed by atoms with van der Waals surface area (Å²) in [6.07, 6.45) is 0. The quantitative estimate of drug-likeness (QED) is 0.486. The Labute approximate surface area is 113 Å². The number of hydrogen-bond donors (Lipinski definition) is 2. The van der Waals surface area contributed by atoms with E-state index in [0.717, 1.165) is 0 Å². The normalized spacial score (nSPS) is 14.5. The highest BCUT2D eigenvalue weighted by molar-refractivity contribution is 5.81. The van der Waals surface area contributed by atoms with Crippen LogP contribution in [-0.2, 0) is 4.79 Å². The van der Waals surface area contributed by atoms with Crippen molar-refractivity contribution in [3.05, 3.63) is 35.6 Å². The molecule has 2 unspecified atom stereocenters. The van der Waals surface area contributed by atoms with E-state index in [4.69, 9.17) is 5.84 Å². The zero-order valence-corrected chi connectivity index (χ0v) is 11.9. The Kier molecular flexibility index (Phi) is 5.44. The molecule has 5 heteroatoms. The minimum Gasteiger partial charge on any atom is -0.293 e. The summed E-state index contributed by atoms with van der Waals surface area (Å²) in [5, 5.41) is 0. The lowest BCUT2D eigenvalue weighted by molar-refractivity contribution is -0.128. The Balaban J connectivity index is 3.00. The van der Waals surface area contributed by atoms with E-state index in [1.165, 1.54) is 6.07 Å². The first-order chi connectivity index (χ1) is 8.90. The molecule has 0 aliphatic heterocycles. The Bertz CT molecular complexity index is 436. The lowest BCUT2D eigenvalue weighted by Gasteiger charge is -2.34. The van der Waals surface area contributed by atoms with Gasteiger partial charge in [0.25, 0.3) is 5.91 Å². The summed E-state index contributed by atoms with van der Waals surface area (Å²) in [6.45, 7) is 5.74. The molecule has 0 spiro atoms. The largest absolute Gasteiger partial charge is 0.293 e. The standard InChI is InChI=1S/C14H22FN3O/c1-9(2)13(14(19)17-16)18(4)10(3)11-7-5-6-8-12(11)15/h5-10,13H,16H2,1-4H3,(H,17,19). The predicted molar refractivity (Wildman–Crippen MR) is 73.5 cm³/mol. The number of nitrogens with one attached hydrogen (secondary N) is 1. The molecule has 0 aromatic heterocycles. The average Bonchev–Trinajstić information content (AvgIpc) is 2.37. The number of rotatable bonds is 5. The van der Waals surface area contributed by atoms with Gasteiger partial charge in [-0.25, -0.2) is 10.2 Å². The van der Waals surface area contributed by atoms with Crippen LogP contribution >= 0.6 is 0 Å². The monoisotopic (exact) mass is 267 g/mol. The SMILES string of the molecule is CC(C)C(C(=O)NN)N(C)C(C)c1ccccc1F. The van der Waals surface area contributed by atoms with E-state index in [1.54, 1.807) is 25.2 Å². The molecule has 0 aliphatic rings. The number of hydrogen-bond acceptors (Lipinski definition) is 3. The summed E-state index contributed by atoms with van der Waals surface area (Å²) in [4.78, 5) is 13.7. The highest BCUT2D eigenvalue weighted by Crippen LogP contribution is 2.25. The van der Waals surface area contributed by atoms with Gasteiger partial charge in [0, 0.05) is 11.6 Å². The molecule has 0 aliphatic carbocycles. The molecule has 1 amide bonds. The zero-order chi connectivity index (χ0) is 14.6. The molecule has 1 rings (SSSR count). The number of nitrogens with two attached hydrogens (primary N) is 1. The first-order valence-electron chi connectivity index (χ1n) is 6.37. The van der Waals surface area contributed by atoms with Crippen molar-refractivity contribution in [2.24, 2.45) is 11.8 Å². The van der Waals surface area contributed by atoms with Crippen LogP contribution in [0, 0.1) is 11.7 Å². The van der Waals surface area contributed by atoms with Gasteiger partial charge in [0.05, 0.1) is 6.04 Å². The van der Waals surface area contributed by atoms with Gasteiger partial charge in [0.15, 0.2) is 0 Å². The first kappa shape index (κ1) is 15.6. The fourth-order valence-electron chi connectivity index (χ4n) is 2.32. The minimum atomic E-state index is -0.403. The highest BCUT2D eigenvalue weighted by atomic mass is 19.1. The number of carbonyl (C=O) groups excluding carboxylic acids is 1. The third kappa shape index (κ3) is 3.52. The Morgan fingerprint density at radius 2 is 1.89 bits per heavy atom. The van der Waals surface area contributed by atoms with E-state index >= 15 is 0 Å². The van der Waals surface area contributed by atoms with Crippen molar-refractivity contribution in [1.29, 1.82) is 0 Å². The number of amides is 1. The number of carbonyl (C=O) groups is 1. The van der Waals surface area contributed by atoms with Crippen LogP contribution < -0.4 is 11.3 Å². The number of halogens is 1. The van der Waals surface area contributed by atoms with Crippen molar-refractivity contribution in [2.45, 2.75) is 32.9 Å². The second-order valence-electron chi connectivity index (χ2n) is 5.06. The van der Waals surface area contributed by atoms with Crippen molar-refractivity contribution < 1.29 is 9.18 Å². The minimum absolute atomic E-state index is 0.0720. The molecule has 1 aromatic rings. The molecule has 4 nitrogen and oxygen atoms in total. The average molecular weight is 267 g/mol. The summed E-state index contributed by atoms with van der Waals surface area (Å²) < 4.78 is 13.8. The van der Waals surface area contributed by atoms with Crippen LogP contribution in [0.1, 0.15) is 32.4 Å². The van der Waals surface area contributed by atoms with Gasteiger partial charge in [-0.05, 0) is 26.0 Å². The maximum absolute atomic E-state index is 13.8. The van der Waals surface area contributed by atoms with Crippen LogP contribution in [-0.4, -0.2) is 23.9 Å². The van der Waals surface area contributed by atoms with Crippen molar-refractivity contribution in [2.75, 3.05) is 7.05 Å². The molecule has 0 fully saturated rings. The first-order valence-corrected chi connectivity index (χ1v) is 6.37. The van der Waals surface area contributed by atoms with E-state index in [2.05, 4.69) is 5.43 Å². The fraction of sp³-hybridized carbons (Fsp3) is 0.500. The van der Waals surface area contributed by atoms with Gasteiger partial charge in [-0.1, -0.05) is 32.0 Å². The Morgan fingerprint density at radius 1 is 1.32 bits per heavy atom. The van der Waals surface area contributed by atoms with Gasteiger partial charge in [-0.15, -0.1) is 0 Å². The molecule has 106 valence electrons. The van der Waals surface area contributed by atoms with Crippen LogP contribution in [0.4, 0.5) is 4.39 Å². The van der Waals surface area contributed by atoms with Crippen molar-refractivity contribution in [1.82, 2.24) is 10.3 Å².